The van der Waals surface area contributed by atoms with Crippen LogP contribution in [0.2, 0.25) is 0 Å². The Labute approximate surface area is 278 Å². The number of carbonyl (C=O) groups excluding carboxylic acids is 1. The monoisotopic (exact) mass is 680 g/mol. The van der Waals surface area contributed by atoms with Crippen LogP contribution in [0.3, 0.4) is 0 Å². The first-order valence-corrected chi connectivity index (χ1v) is 18.4. The Balaban J connectivity index is 0.000000215. The third-order valence-corrected chi connectivity index (χ3v) is 12.1. The van der Waals surface area contributed by atoms with Crippen LogP contribution in [0.25, 0.3) is 5.69 Å². The van der Waals surface area contributed by atoms with E-state index in [0.717, 1.165) is 61.9 Å². The molecular weight excluding hydrogens is 641 g/mol. The van der Waals surface area contributed by atoms with Crippen molar-refractivity contribution in [3.63, 3.8) is 0 Å². The average molecular weight is 681 g/mol. The van der Waals surface area contributed by atoms with Gasteiger partial charge in [-0.1, -0.05) is 20.8 Å². The molecule has 4 aromatic rings. The smallest absolute Gasteiger partial charge is 0.265 e. The minimum absolute atomic E-state index is 0.0152. The van der Waals surface area contributed by atoms with Crippen molar-refractivity contribution in [1.82, 2.24) is 35.2 Å². The van der Waals surface area contributed by atoms with E-state index in [-0.39, 0.29) is 17.1 Å². The highest BCUT2D eigenvalue weighted by Crippen LogP contribution is 2.64. The van der Waals surface area contributed by atoms with Gasteiger partial charge >= 0.3 is 0 Å². The number of ketones is 1. The molecule has 1 aliphatic heterocycles. The van der Waals surface area contributed by atoms with Crippen molar-refractivity contribution >= 4 is 33.2 Å². The Morgan fingerprint density at radius 3 is 2.38 bits per heavy atom. The highest BCUT2D eigenvalue weighted by atomic mass is 32.2. The topological polar surface area (TPSA) is 166 Å². The Morgan fingerprint density at radius 2 is 1.81 bits per heavy atom. The zero-order valence-corrected chi connectivity index (χ0v) is 28.5. The Morgan fingerprint density at radius 1 is 1.09 bits per heavy atom. The molecule has 250 valence electrons. The molecule has 1 aromatic carbocycles. The van der Waals surface area contributed by atoms with E-state index in [2.05, 4.69) is 42.7 Å². The van der Waals surface area contributed by atoms with Gasteiger partial charge in [-0.05, 0) is 83.7 Å². The van der Waals surface area contributed by atoms with Gasteiger partial charge in [0.25, 0.3) is 10.1 Å². The van der Waals surface area contributed by atoms with Gasteiger partial charge in [-0.25, -0.2) is 19.6 Å². The number of thiazole rings is 1. The number of Topliss-reactive ketones (excluding diaryl/α,β-unsaturated/α-hetero) is 1. The van der Waals surface area contributed by atoms with Gasteiger partial charge < -0.3 is 9.64 Å². The number of aromatic nitrogens is 7. The molecule has 2 atom stereocenters. The van der Waals surface area contributed by atoms with E-state index in [1.165, 1.54) is 10.6 Å². The van der Waals surface area contributed by atoms with Gasteiger partial charge in [-0.2, -0.15) is 8.42 Å². The molecule has 4 heterocycles. The third kappa shape index (κ3) is 7.06. The first kappa shape index (κ1) is 33.1. The summed E-state index contributed by atoms with van der Waals surface area (Å²) < 4.78 is 38.5. The van der Waals surface area contributed by atoms with E-state index >= 15 is 0 Å². The van der Waals surface area contributed by atoms with E-state index in [9.17, 15) is 13.2 Å². The molecule has 7 rings (SSSR count). The fourth-order valence-electron chi connectivity index (χ4n) is 7.15. The molecule has 47 heavy (non-hydrogen) atoms. The minimum Gasteiger partial charge on any atom is -0.487 e. The van der Waals surface area contributed by atoms with Crippen molar-refractivity contribution in [3.8, 4) is 11.4 Å². The van der Waals surface area contributed by atoms with E-state index in [0.29, 0.717) is 25.4 Å². The third-order valence-electron chi connectivity index (χ3n) is 10.2. The molecular formula is C32H40N8O5S2. The maximum Gasteiger partial charge on any atom is 0.265 e. The van der Waals surface area contributed by atoms with Crippen molar-refractivity contribution in [2.45, 2.75) is 71.8 Å². The van der Waals surface area contributed by atoms with Crippen LogP contribution in [-0.4, -0.2) is 72.8 Å². The number of hydrogen-bond acceptors (Lipinski definition) is 12. The van der Waals surface area contributed by atoms with Gasteiger partial charge in [0, 0.05) is 43.2 Å². The van der Waals surface area contributed by atoms with E-state index in [4.69, 9.17) is 14.3 Å². The highest BCUT2D eigenvalue weighted by Gasteiger charge is 2.65. The predicted molar refractivity (Wildman–Crippen MR) is 176 cm³/mol. The molecule has 2 bridgehead atoms. The number of anilines is 1. The van der Waals surface area contributed by atoms with Gasteiger partial charge in [-0.15, -0.1) is 16.4 Å². The number of ether oxygens (including phenoxy) is 1. The van der Waals surface area contributed by atoms with E-state index in [1.54, 1.807) is 22.3 Å². The van der Waals surface area contributed by atoms with Gasteiger partial charge in [0.15, 0.2) is 0 Å². The lowest BCUT2D eigenvalue weighted by Crippen LogP contribution is -2.42. The molecule has 0 amide bonds. The molecule has 0 radical (unpaired) electrons. The number of carbonyl (C=O) groups is 1. The molecule has 15 heteroatoms. The molecule has 1 saturated heterocycles. The molecule has 3 fully saturated rings. The second-order valence-electron chi connectivity index (χ2n) is 13.1. The van der Waals surface area contributed by atoms with Crippen LogP contribution < -0.4 is 9.64 Å². The number of hydrogen-bond donors (Lipinski definition) is 1. The number of nitrogens with zero attached hydrogens (tertiary/aromatic N) is 8. The normalized spacial score (nSPS) is 22.3. The summed E-state index contributed by atoms with van der Waals surface area (Å²) in [6.07, 6.45) is 10.5. The molecule has 2 saturated carbocycles. The number of benzene rings is 1. The van der Waals surface area contributed by atoms with Crippen LogP contribution in [0.4, 0.5) is 5.95 Å². The summed E-state index contributed by atoms with van der Waals surface area (Å²) in [5, 5.41) is 14.5. The summed E-state index contributed by atoms with van der Waals surface area (Å²) in [4.78, 5) is 28.0. The van der Waals surface area contributed by atoms with Crippen molar-refractivity contribution in [2.24, 2.45) is 16.7 Å². The summed E-state index contributed by atoms with van der Waals surface area (Å²) in [5.74, 6) is 2.00. The number of piperidine rings is 1. The molecule has 2 aliphatic carbocycles. The summed E-state index contributed by atoms with van der Waals surface area (Å²) in [5.41, 5.74) is 1.90. The fraction of sp³-hybridized carbons (Fsp3) is 0.531. The van der Waals surface area contributed by atoms with Crippen molar-refractivity contribution < 1.29 is 22.5 Å². The minimum atomic E-state index is -4.08. The number of rotatable bonds is 9. The lowest BCUT2D eigenvalue weighted by atomic mass is 9.70. The van der Waals surface area contributed by atoms with Crippen LogP contribution in [0, 0.1) is 16.7 Å². The summed E-state index contributed by atoms with van der Waals surface area (Å²) >= 11 is 1.73. The van der Waals surface area contributed by atoms with Crippen LogP contribution in [0.15, 0.2) is 48.4 Å². The largest absolute Gasteiger partial charge is 0.487 e. The first-order valence-electron chi connectivity index (χ1n) is 15.9. The van der Waals surface area contributed by atoms with Crippen LogP contribution in [-0.2, 0) is 27.9 Å². The van der Waals surface area contributed by atoms with E-state index < -0.39 is 21.3 Å². The standard InChI is InChI=1S/C22H24N8OS.C10H16O4S/c1-2-16-11-23-22(24-12-16)29-9-7-17(8-10-29)21-26-18(14-32-21)13-31-20-5-3-19(4-6-20)30-15-25-27-28-30;1-9(2)7-3-4-10(9,8(11)5-7)6-15(12,13)14/h3-6,11-12,14-15,17H,2,7-10,13H2,1H3;7H,3-6H2,1-2H3,(H,12,13,14). The highest BCUT2D eigenvalue weighted by molar-refractivity contribution is 7.85. The van der Waals surface area contributed by atoms with Crippen molar-refractivity contribution in [1.29, 1.82) is 0 Å². The van der Waals surface area contributed by atoms with Gasteiger partial charge in [0.2, 0.25) is 5.95 Å². The number of tetrazole rings is 1. The lowest BCUT2D eigenvalue weighted by Gasteiger charge is -2.35. The molecule has 1 N–H and O–H groups in total. The Hall–Kier alpha value is -3.82. The maximum absolute atomic E-state index is 11.9. The zero-order chi connectivity index (χ0) is 33.2. The lowest BCUT2D eigenvalue weighted by molar-refractivity contribution is -0.128. The second kappa shape index (κ2) is 13.4. The Bertz CT molecular complexity index is 1770. The average Bonchev–Trinajstić information content (AvgIpc) is 3.85. The van der Waals surface area contributed by atoms with E-state index in [1.807, 2.05) is 50.5 Å². The van der Waals surface area contributed by atoms with Crippen molar-refractivity contribution in [2.75, 3.05) is 23.7 Å². The van der Waals surface area contributed by atoms with Gasteiger partial charge in [0.05, 0.1) is 27.6 Å². The molecule has 2 unspecified atom stereocenters. The Kier molecular flexibility index (Phi) is 9.40. The van der Waals surface area contributed by atoms with Crippen LogP contribution in [0.1, 0.15) is 75.1 Å². The quantitative estimate of drug-likeness (QED) is 0.243. The molecule has 3 aromatic heterocycles. The van der Waals surface area contributed by atoms with Crippen LogP contribution >= 0.6 is 11.3 Å². The second-order valence-corrected chi connectivity index (χ2v) is 15.5. The zero-order valence-electron chi connectivity index (χ0n) is 26.8. The fourth-order valence-corrected chi connectivity index (χ4v) is 9.42. The van der Waals surface area contributed by atoms with Crippen LogP contribution in [0.5, 0.6) is 5.75 Å². The SMILES string of the molecule is CC1(C)C2CCC1(CS(=O)(=O)O)C(=O)C2.CCc1cnc(N2CCC(c3nc(COc4ccc(-n5cnnn5)cc4)cs3)CC2)nc1. The predicted octanol–water partition coefficient (Wildman–Crippen LogP) is 4.70. The molecule has 3 aliphatic rings. The summed E-state index contributed by atoms with van der Waals surface area (Å²) in [7, 11) is -4.08. The van der Waals surface area contributed by atoms with Gasteiger partial charge in [0.1, 0.15) is 24.5 Å². The first-order chi connectivity index (χ1) is 22.5. The van der Waals surface area contributed by atoms with Gasteiger partial charge in [-0.3, -0.25) is 9.35 Å². The summed E-state index contributed by atoms with van der Waals surface area (Å²) in [6.45, 7) is 8.37. The van der Waals surface area contributed by atoms with Crippen molar-refractivity contribution in [3.05, 3.63) is 64.6 Å². The number of aryl methyl sites for hydroxylation is 1. The summed E-state index contributed by atoms with van der Waals surface area (Å²) in [6, 6.07) is 7.67. The molecule has 0 spiro atoms. The number of fused-ring (bicyclic) bond motifs is 2. The maximum atomic E-state index is 11.9. The molecule has 13 nitrogen and oxygen atoms in total.